The van der Waals surface area contributed by atoms with Gasteiger partial charge in [-0.3, -0.25) is 0 Å². The number of nitrogens with zero attached hydrogens (tertiary/aromatic N) is 3. The Balaban J connectivity index is 1.95. The normalized spacial score (nSPS) is 16.1. The summed E-state index contributed by atoms with van der Waals surface area (Å²) in [6.45, 7) is 9.10. The Hall–Kier alpha value is -1.75. The van der Waals surface area contributed by atoms with Crippen molar-refractivity contribution in [3.8, 4) is 0 Å². The fourth-order valence-corrected chi connectivity index (χ4v) is 3.15. The summed E-state index contributed by atoms with van der Waals surface area (Å²) in [5.74, 6) is 0. The molecule has 5 nitrogen and oxygen atoms in total. The number of hydrogen-bond acceptors (Lipinski definition) is 3. The Kier molecular flexibility index (Phi) is 6.28. The highest BCUT2D eigenvalue weighted by Gasteiger charge is 2.18. The van der Waals surface area contributed by atoms with E-state index in [1.807, 2.05) is 31.1 Å². The molecule has 1 N–H and O–H groups in total. The summed E-state index contributed by atoms with van der Waals surface area (Å²) in [6.07, 6.45) is 2.22. The maximum atomic E-state index is 12.5. The van der Waals surface area contributed by atoms with Gasteiger partial charge in [-0.25, -0.2) is 4.79 Å². The molecule has 0 bridgehead atoms. The van der Waals surface area contributed by atoms with Gasteiger partial charge in [0.1, 0.15) is 0 Å². The third-order valence-corrected chi connectivity index (χ3v) is 4.35. The molecule has 1 aromatic carbocycles. The molecule has 1 fully saturated rings. The molecule has 5 heteroatoms. The minimum absolute atomic E-state index is 0.0142. The van der Waals surface area contributed by atoms with E-state index in [1.54, 1.807) is 0 Å². The number of anilines is 2. The predicted molar refractivity (Wildman–Crippen MR) is 97.4 cm³/mol. The van der Waals surface area contributed by atoms with Crippen LogP contribution in [0.1, 0.15) is 25.3 Å². The molecule has 23 heavy (non-hydrogen) atoms. The summed E-state index contributed by atoms with van der Waals surface area (Å²) in [6, 6.07) is 6.08. The van der Waals surface area contributed by atoms with Crippen molar-refractivity contribution in [2.45, 2.75) is 26.7 Å². The number of benzene rings is 1. The standard InChI is InChI=1S/C18H30N4O/c1-5-9-21-10-6-11-22(13-12-21)18(23)19-16-7-8-17(20(3)4)15(2)14-16/h7-8,14H,5-6,9-13H2,1-4H3,(H,19,23). The predicted octanol–water partition coefficient (Wildman–Crippen LogP) is 3.01. The van der Waals surface area contributed by atoms with Crippen LogP contribution in [-0.2, 0) is 0 Å². The summed E-state index contributed by atoms with van der Waals surface area (Å²) in [4.78, 5) is 19.0. The second kappa shape index (κ2) is 8.20. The molecule has 2 rings (SSSR count). The van der Waals surface area contributed by atoms with E-state index in [-0.39, 0.29) is 6.03 Å². The van der Waals surface area contributed by atoms with Gasteiger partial charge in [0.25, 0.3) is 0 Å². The van der Waals surface area contributed by atoms with E-state index in [2.05, 4.69) is 35.0 Å². The molecule has 0 aromatic heterocycles. The fourth-order valence-electron chi connectivity index (χ4n) is 3.15. The molecule has 1 aliphatic heterocycles. The van der Waals surface area contributed by atoms with Crippen LogP contribution in [0, 0.1) is 6.92 Å². The van der Waals surface area contributed by atoms with Gasteiger partial charge in [-0.2, -0.15) is 0 Å². The maximum absolute atomic E-state index is 12.5. The minimum Gasteiger partial charge on any atom is -0.377 e. The first-order valence-corrected chi connectivity index (χ1v) is 8.57. The highest BCUT2D eigenvalue weighted by Crippen LogP contribution is 2.22. The monoisotopic (exact) mass is 318 g/mol. The van der Waals surface area contributed by atoms with Crippen molar-refractivity contribution in [2.24, 2.45) is 0 Å². The largest absolute Gasteiger partial charge is 0.377 e. The lowest BCUT2D eigenvalue weighted by molar-refractivity contribution is 0.211. The molecule has 1 aliphatic rings. The van der Waals surface area contributed by atoms with Crippen LogP contribution in [0.25, 0.3) is 0 Å². The quantitative estimate of drug-likeness (QED) is 0.927. The van der Waals surface area contributed by atoms with Gasteiger partial charge >= 0.3 is 6.03 Å². The van der Waals surface area contributed by atoms with Gasteiger partial charge in [0.05, 0.1) is 0 Å². The molecule has 0 radical (unpaired) electrons. The van der Waals surface area contributed by atoms with Crippen molar-refractivity contribution in [1.29, 1.82) is 0 Å². The number of hydrogen-bond donors (Lipinski definition) is 1. The van der Waals surface area contributed by atoms with Gasteiger partial charge in [0.15, 0.2) is 0 Å². The molecular formula is C18H30N4O. The minimum atomic E-state index is 0.0142. The first-order valence-electron chi connectivity index (χ1n) is 8.57. The topological polar surface area (TPSA) is 38.8 Å². The average Bonchev–Trinajstić information content (AvgIpc) is 2.73. The first-order chi connectivity index (χ1) is 11.0. The molecule has 2 amide bonds. The van der Waals surface area contributed by atoms with E-state index in [1.165, 1.54) is 12.1 Å². The Labute approximate surface area is 140 Å². The highest BCUT2D eigenvalue weighted by atomic mass is 16.2. The number of carbonyl (C=O) groups is 1. The number of aryl methyl sites for hydroxylation is 1. The maximum Gasteiger partial charge on any atom is 0.321 e. The summed E-state index contributed by atoms with van der Waals surface area (Å²) in [5.41, 5.74) is 3.21. The Morgan fingerprint density at radius 2 is 2.00 bits per heavy atom. The van der Waals surface area contributed by atoms with Gasteiger partial charge in [-0.15, -0.1) is 0 Å². The van der Waals surface area contributed by atoms with Crippen LogP contribution < -0.4 is 10.2 Å². The van der Waals surface area contributed by atoms with Crippen molar-refractivity contribution < 1.29 is 4.79 Å². The SMILES string of the molecule is CCCN1CCCN(C(=O)Nc2ccc(N(C)C)c(C)c2)CC1. The van der Waals surface area contributed by atoms with E-state index in [0.29, 0.717) is 0 Å². The molecule has 0 spiro atoms. The zero-order valence-corrected chi connectivity index (χ0v) is 14.9. The van der Waals surface area contributed by atoms with Crippen LogP contribution in [0.3, 0.4) is 0 Å². The Morgan fingerprint density at radius 1 is 1.22 bits per heavy atom. The molecule has 1 aromatic rings. The van der Waals surface area contributed by atoms with E-state index in [9.17, 15) is 4.79 Å². The number of carbonyl (C=O) groups excluding carboxylic acids is 1. The zero-order chi connectivity index (χ0) is 16.8. The van der Waals surface area contributed by atoms with Crippen LogP contribution in [-0.4, -0.2) is 62.7 Å². The van der Waals surface area contributed by atoms with Crippen molar-refractivity contribution in [2.75, 3.05) is 57.0 Å². The van der Waals surface area contributed by atoms with Crippen LogP contribution in [0.2, 0.25) is 0 Å². The molecule has 128 valence electrons. The molecule has 1 heterocycles. The number of nitrogens with one attached hydrogen (secondary N) is 1. The Morgan fingerprint density at radius 3 is 2.65 bits per heavy atom. The van der Waals surface area contributed by atoms with Gasteiger partial charge in [-0.1, -0.05) is 6.92 Å². The van der Waals surface area contributed by atoms with E-state index < -0.39 is 0 Å². The lowest BCUT2D eigenvalue weighted by Gasteiger charge is -2.22. The van der Waals surface area contributed by atoms with Gasteiger partial charge in [0, 0.05) is 45.1 Å². The van der Waals surface area contributed by atoms with E-state index in [0.717, 1.165) is 50.4 Å². The van der Waals surface area contributed by atoms with E-state index >= 15 is 0 Å². The van der Waals surface area contributed by atoms with Crippen molar-refractivity contribution >= 4 is 17.4 Å². The lowest BCUT2D eigenvalue weighted by Crippen LogP contribution is -2.38. The van der Waals surface area contributed by atoms with Gasteiger partial charge < -0.3 is 20.0 Å². The van der Waals surface area contributed by atoms with Crippen molar-refractivity contribution in [1.82, 2.24) is 9.80 Å². The third-order valence-electron chi connectivity index (χ3n) is 4.35. The molecular weight excluding hydrogens is 288 g/mol. The summed E-state index contributed by atoms with van der Waals surface area (Å²) < 4.78 is 0. The molecule has 0 atom stereocenters. The second-order valence-electron chi connectivity index (χ2n) is 6.51. The van der Waals surface area contributed by atoms with Gasteiger partial charge in [0.2, 0.25) is 0 Å². The van der Waals surface area contributed by atoms with E-state index in [4.69, 9.17) is 0 Å². The molecule has 0 saturated carbocycles. The summed E-state index contributed by atoms with van der Waals surface area (Å²) >= 11 is 0. The van der Waals surface area contributed by atoms with Crippen LogP contribution >= 0.6 is 0 Å². The summed E-state index contributed by atoms with van der Waals surface area (Å²) in [5, 5.41) is 3.04. The van der Waals surface area contributed by atoms with Gasteiger partial charge in [-0.05, 0) is 56.6 Å². The van der Waals surface area contributed by atoms with Crippen LogP contribution in [0.4, 0.5) is 16.2 Å². The second-order valence-corrected chi connectivity index (χ2v) is 6.51. The third kappa shape index (κ3) is 4.86. The average molecular weight is 318 g/mol. The molecule has 1 saturated heterocycles. The van der Waals surface area contributed by atoms with Crippen molar-refractivity contribution in [3.05, 3.63) is 23.8 Å². The zero-order valence-electron chi connectivity index (χ0n) is 14.9. The first kappa shape index (κ1) is 17.6. The number of urea groups is 1. The molecule has 0 aliphatic carbocycles. The highest BCUT2D eigenvalue weighted by molar-refractivity contribution is 5.89. The Bertz CT molecular complexity index is 530. The van der Waals surface area contributed by atoms with Crippen LogP contribution in [0.15, 0.2) is 18.2 Å². The number of amides is 2. The van der Waals surface area contributed by atoms with Crippen LogP contribution in [0.5, 0.6) is 0 Å². The van der Waals surface area contributed by atoms with Crippen molar-refractivity contribution in [3.63, 3.8) is 0 Å². The fraction of sp³-hybridized carbons (Fsp3) is 0.611. The lowest BCUT2D eigenvalue weighted by atomic mass is 10.1. The smallest absolute Gasteiger partial charge is 0.321 e. The summed E-state index contributed by atoms with van der Waals surface area (Å²) in [7, 11) is 4.06. The number of rotatable bonds is 4. The molecule has 0 unspecified atom stereocenters.